The number of benzene rings is 1. The molecule has 0 radical (unpaired) electrons. The van der Waals surface area contributed by atoms with E-state index in [-0.39, 0.29) is 0 Å². The summed E-state index contributed by atoms with van der Waals surface area (Å²) in [4.78, 5) is 4.51. The number of aromatic nitrogens is 3. The Labute approximate surface area is 127 Å². The topological polar surface area (TPSA) is 41.4 Å². The predicted octanol–water partition coefficient (Wildman–Crippen LogP) is 3.19. The molecule has 0 saturated heterocycles. The molecule has 1 aromatic carbocycles. The molecule has 0 fully saturated rings. The standard InChI is InChI=1S/C18H14N3O/c22-20-9-6-14(7-10-20)16-8-11-21-17(13-19-18(21)12-16)15-4-2-1-3-5-15/h1-13,22H/q+1. The summed E-state index contributed by atoms with van der Waals surface area (Å²) >= 11 is 0. The first-order valence-corrected chi connectivity index (χ1v) is 7.05. The van der Waals surface area contributed by atoms with Gasteiger partial charge in [-0.25, -0.2) is 4.98 Å². The highest BCUT2D eigenvalue weighted by Crippen LogP contribution is 2.24. The molecule has 4 nitrogen and oxygen atoms in total. The lowest BCUT2D eigenvalue weighted by atomic mass is 10.1. The van der Waals surface area contributed by atoms with E-state index >= 15 is 0 Å². The Hall–Kier alpha value is -3.14. The van der Waals surface area contributed by atoms with Gasteiger partial charge in [0, 0.05) is 28.6 Å². The number of rotatable bonds is 2. The van der Waals surface area contributed by atoms with Gasteiger partial charge < -0.3 is 0 Å². The molecule has 0 aliphatic carbocycles. The fourth-order valence-electron chi connectivity index (χ4n) is 2.59. The van der Waals surface area contributed by atoms with Crippen molar-refractivity contribution in [2.45, 2.75) is 0 Å². The minimum Gasteiger partial charge on any atom is -0.300 e. The first-order valence-electron chi connectivity index (χ1n) is 7.05. The highest BCUT2D eigenvalue weighted by Gasteiger charge is 2.08. The summed E-state index contributed by atoms with van der Waals surface area (Å²) in [6.45, 7) is 0. The molecule has 0 aliphatic rings. The van der Waals surface area contributed by atoms with Crippen LogP contribution in [0.5, 0.6) is 0 Å². The van der Waals surface area contributed by atoms with Crippen LogP contribution in [0.1, 0.15) is 0 Å². The van der Waals surface area contributed by atoms with E-state index in [9.17, 15) is 5.21 Å². The summed E-state index contributed by atoms with van der Waals surface area (Å²) in [5.74, 6) is 0. The van der Waals surface area contributed by atoms with Crippen LogP contribution in [0.2, 0.25) is 0 Å². The molecule has 22 heavy (non-hydrogen) atoms. The predicted molar refractivity (Wildman–Crippen MR) is 83.4 cm³/mol. The van der Waals surface area contributed by atoms with Crippen LogP contribution < -0.4 is 4.73 Å². The molecule has 106 valence electrons. The highest BCUT2D eigenvalue weighted by molar-refractivity contribution is 5.70. The number of imidazole rings is 1. The Balaban J connectivity index is 1.82. The average molecular weight is 288 g/mol. The number of hydrogen-bond donors (Lipinski definition) is 1. The molecule has 0 aliphatic heterocycles. The fourth-order valence-corrected chi connectivity index (χ4v) is 2.59. The molecule has 0 atom stereocenters. The van der Waals surface area contributed by atoms with E-state index < -0.39 is 0 Å². The van der Waals surface area contributed by atoms with Crippen molar-refractivity contribution < 1.29 is 9.94 Å². The van der Waals surface area contributed by atoms with E-state index in [1.807, 2.05) is 48.8 Å². The van der Waals surface area contributed by atoms with Crippen LogP contribution in [0.4, 0.5) is 0 Å². The second-order valence-electron chi connectivity index (χ2n) is 5.12. The fraction of sp³-hybridized carbons (Fsp3) is 0. The van der Waals surface area contributed by atoms with Crippen molar-refractivity contribution in [1.82, 2.24) is 9.38 Å². The third-order valence-electron chi connectivity index (χ3n) is 3.73. The zero-order valence-electron chi connectivity index (χ0n) is 11.8. The molecule has 3 aromatic heterocycles. The van der Waals surface area contributed by atoms with Gasteiger partial charge in [-0.3, -0.25) is 9.61 Å². The Morgan fingerprint density at radius 3 is 2.41 bits per heavy atom. The van der Waals surface area contributed by atoms with Crippen LogP contribution in [0, 0.1) is 0 Å². The van der Waals surface area contributed by atoms with Crippen molar-refractivity contribution in [3.05, 3.63) is 79.4 Å². The Bertz CT molecular complexity index is 928. The van der Waals surface area contributed by atoms with E-state index in [1.165, 1.54) is 0 Å². The molecule has 1 N–H and O–H groups in total. The van der Waals surface area contributed by atoms with E-state index in [1.54, 1.807) is 12.4 Å². The van der Waals surface area contributed by atoms with Crippen molar-refractivity contribution in [3.63, 3.8) is 0 Å². The molecular formula is C18H14N3O+. The van der Waals surface area contributed by atoms with Gasteiger partial charge in [-0.15, -0.1) is 0 Å². The molecule has 0 saturated carbocycles. The van der Waals surface area contributed by atoms with E-state index in [4.69, 9.17) is 0 Å². The lowest BCUT2D eigenvalue weighted by Gasteiger charge is -2.04. The third kappa shape index (κ3) is 2.11. The van der Waals surface area contributed by atoms with Gasteiger partial charge in [-0.05, 0) is 23.3 Å². The molecule has 4 aromatic rings. The summed E-state index contributed by atoms with van der Waals surface area (Å²) in [6, 6.07) is 18.0. The quantitative estimate of drug-likeness (QED) is 0.454. The normalized spacial score (nSPS) is 10.9. The van der Waals surface area contributed by atoms with Gasteiger partial charge in [0.25, 0.3) is 0 Å². The lowest BCUT2D eigenvalue weighted by molar-refractivity contribution is -0.904. The van der Waals surface area contributed by atoms with Crippen molar-refractivity contribution >= 4 is 5.65 Å². The summed E-state index contributed by atoms with van der Waals surface area (Å²) in [6.07, 6.45) is 7.14. The minimum absolute atomic E-state index is 0.900. The smallest absolute Gasteiger partial charge is 0.222 e. The second-order valence-corrected chi connectivity index (χ2v) is 5.12. The van der Waals surface area contributed by atoms with Gasteiger partial charge in [0.1, 0.15) is 5.65 Å². The maximum Gasteiger partial charge on any atom is 0.222 e. The summed E-state index contributed by atoms with van der Waals surface area (Å²) in [7, 11) is 0. The molecule has 0 spiro atoms. The van der Waals surface area contributed by atoms with E-state index in [0.717, 1.165) is 32.8 Å². The first kappa shape index (κ1) is 12.6. The SMILES string of the molecule is O[n+]1ccc(-c2ccn3c(-c4ccccc4)cnc3c2)cc1. The zero-order valence-corrected chi connectivity index (χ0v) is 11.8. The van der Waals surface area contributed by atoms with Crippen molar-refractivity contribution in [3.8, 4) is 22.4 Å². The van der Waals surface area contributed by atoms with Crippen LogP contribution in [0.3, 0.4) is 0 Å². The van der Waals surface area contributed by atoms with E-state index in [2.05, 4.69) is 27.6 Å². The maximum atomic E-state index is 9.30. The van der Waals surface area contributed by atoms with Gasteiger partial charge >= 0.3 is 0 Å². The largest absolute Gasteiger partial charge is 0.300 e. The molecule has 0 bridgehead atoms. The van der Waals surface area contributed by atoms with Gasteiger partial charge in [0.15, 0.2) is 0 Å². The van der Waals surface area contributed by atoms with Crippen LogP contribution in [0.25, 0.3) is 28.0 Å². The number of hydrogen-bond acceptors (Lipinski definition) is 2. The monoisotopic (exact) mass is 288 g/mol. The summed E-state index contributed by atoms with van der Waals surface area (Å²) in [5.41, 5.74) is 5.22. The first-order chi connectivity index (χ1) is 10.8. The molecular weight excluding hydrogens is 274 g/mol. The number of pyridine rings is 2. The molecule has 0 amide bonds. The Morgan fingerprint density at radius 1 is 0.864 bits per heavy atom. The van der Waals surface area contributed by atoms with Gasteiger partial charge in [0.05, 0.1) is 11.9 Å². The average Bonchev–Trinajstić information content (AvgIpc) is 2.99. The van der Waals surface area contributed by atoms with Crippen LogP contribution in [-0.2, 0) is 0 Å². The van der Waals surface area contributed by atoms with Crippen LogP contribution in [-0.4, -0.2) is 14.6 Å². The van der Waals surface area contributed by atoms with Gasteiger partial charge in [-0.1, -0.05) is 30.3 Å². The lowest BCUT2D eigenvalue weighted by Crippen LogP contribution is -2.27. The number of fused-ring (bicyclic) bond motifs is 1. The molecule has 4 heteroatoms. The highest BCUT2D eigenvalue weighted by atomic mass is 16.5. The Morgan fingerprint density at radius 2 is 1.64 bits per heavy atom. The minimum atomic E-state index is 0.900. The van der Waals surface area contributed by atoms with Crippen molar-refractivity contribution in [2.75, 3.05) is 0 Å². The Kier molecular flexibility index (Phi) is 2.86. The zero-order chi connectivity index (χ0) is 14.9. The van der Waals surface area contributed by atoms with Crippen LogP contribution in [0.15, 0.2) is 79.4 Å². The number of nitrogens with zero attached hydrogens (tertiary/aromatic N) is 3. The molecule has 3 heterocycles. The molecule has 4 rings (SSSR count). The van der Waals surface area contributed by atoms with Gasteiger partial charge in [-0.2, -0.15) is 0 Å². The van der Waals surface area contributed by atoms with Crippen molar-refractivity contribution in [1.29, 1.82) is 0 Å². The molecule has 0 unspecified atom stereocenters. The maximum absolute atomic E-state index is 9.30. The second kappa shape index (κ2) is 5.00. The third-order valence-corrected chi connectivity index (χ3v) is 3.73. The van der Waals surface area contributed by atoms with Gasteiger partial charge in [0.2, 0.25) is 12.4 Å². The van der Waals surface area contributed by atoms with Crippen molar-refractivity contribution in [2.24, 2.45) is 0 Å². The van der Waals surface area contributed by atoms with E-state index in [0.29, 0.717) is 0 Å². The summed E-state index contributed by atoms with van der Waals surface area (Å²) in [5, 5.41) is 9.30. The summed E-state index contributed by atoms with van der Waals surface area (Å²) < 4.78 is 3.11. The van der Waals surface area contributed by atoms with Crippen LogP contribution >= 0.6 is 0 Å².